The van der Waals surface area contributed by atoms with E-state index in [2.05, 4.69) is 15.6 Å². The molecule has 8 nitrogen and oxygen atoms in total. The van der Waals surface area contributed by atoms with E-state index in [1.54, 1.807) is 6.92 Å². The van der Waals surface area contributed by atoms with Gasteiger partial charge >= 0.3 is 0 Å². The minimum atomic E-state index is -0.468. The Morgan fingerprint density at radius 1 is 1.42 bits per heavy atom. The van der Waals surface area contributed by atoms with Crippen LogP contribution in [-0.4, -0.2) is 28.5 Å². The van der Waals surface area contributed by atoms with Crippen molar-refractivity contribution >= 4 is 23.1 Å². The van der Waals surface area contributed by atoms with Crippen LogP contribution in [0.4, 0.5) is 17.2 Å². The molecule has 8 heteroatoms. The topological polar surface area (TPSA) is 106 Å². The largest absolute Gasteiger partial charge is 0.368 e. The van der Waals surface area contributed by atoms with E-state index in [-0.39, 0.29) is 17.7 Å². The van der Waals surface area contributed by atoms with Crippen molar-refractivity contribution in [2.75, 3.05) is 17.2 Å². The van der Waals surface area contributed by atoms with Crippen LogP contribution in [0.15, 0.2) is 36.5 Å². The maximum Gasteiger partial charge on any atom is 0.287 e. The lowest BCUT2D eigenvalue weighted by atomic mass is 10.1. The van der Waals surface area contributed by atoms with Crippen molar-refractivity contribution in [3.8, 4) is 0 Å². The number of pyridine rings is 1. The smallest absolute Gasteiger partial charge is 0.287 e. The summed E-state index contributed by atoms with van der Waals surface area (Å²) in [5.41, 5.74) is 2.32. The Labute approximate surface area is 150 Å². The van der Waals surface area contributed by atoms with Gasteiger partial charge in [-0.1, -0.05) is 12.1 Å². The molecule has 1 amide bonds. The van der Waals surface area contributed by atoms with Crippen molar-refractivity contribution in [1.82, 2.24) is 4.98 Å². The second-order valence-electron chi connectivity index (χ2n) is 6.16. The van der Waals surface area contributed by atoms with E-state index in [4.69, 9.17) is 4.74 Å². The highest BCUT2D eigenvalue weighted by molar-refractivity contribution is 5.94. The molecule has 1 aromatic carbocycles. The molecule has 2 N–H and O–H groups in total. The van der Waals surface area contributed by atoms with Gasteiger partial charge in [0.25, 0.3) is 11.6 Å². The Morgan fingerprint density at radius 3 is 2.96 bits per heavy atom. The standard InChI is InChI=1S/C18H20N4O4/c1-12-8-15(22(24)25)11-20-17(12)19-10-13-4-2-5-14(9-13)21-18(23)16-6-3-7-26-16/h2,4-5,8-9,11,16H,3,6-7,10H2,1H3,(H,19,20)(H,21,23). The molecule has 1 aliphatic heterocycles. The van der Waals surface area contributed by atoms with Crippen LogP contribution in [0.5, 0.6) is 0 Å². The molecule has 3 rings (SSSR count). The van der Waals surface area contributed by atoms with Gasteiger partial charge in [-0.2, -0.15) is 0 Å². The van der Waals surface area contributed by atoms with E-state index in [0.29, 0.717) is 30.2 Å². The molecule has 1 saturated heterocycles. The molecule has 2 aromatic rings. The van der Waals surface area contributed by atoms with Crippen molar-refractivity contribution in [3.63, 3.8) is 0 Å². The molecule has 0 bridgehead atoms. The summed E-state index contributed by atoms with van der Waals surface area (Å²) >= 11 is 0. The van der Waals surface area contributed by atoms with Crippen LogP contribution in [0, 0.1) is 17.0 Å². The number of carbonyl (C=O) groups excluding carboxylic acids is 1. The van der Waals surface area contributed by atoms with Gasteiger partial charge in [0.2, 0.25) is 0 Å². The summed E-state index contributed by atoms with van der Waals surface area (Å²) in [6.07, 6.45) is 2.51. The quantitative estimate of drug-likeness (QED) is 0.609. The monoisotopic (exact) mass is 356 g/mol. The van der Waals surface area contributed by atoms with Gasteiger partial charge in [0.05, 0.1) is 4.92 Å². The van der Waals surface area contributed by atoms with E-state index in [1.807, 2.05) is 24.3 Å². The van der Waals surface area contributed by atoms with Gasteiger partial charge in [-0.15, -0.1) is 0 Å². The molecule has 0 radical (unpaired) electrons. The van der Waals surface area contributed by atoms with Crippen molar-refractivity contribution < 1.29 is 14.5 Å². The summed E-state index contributed by atoms with van der Waals surface area (Å²) in [6.45, 7) is 2.87. The van der Waals surface area contributed by atoms with Crippen LogP contribution in [0.3, 0.4) is 0 Å². The first kappa shape index (κ1) is 17.8. The van der Waals surface area contributed by atoms with Gasteiger partial charge in [-0.25, -0.2) is 4.98 Å². The van der Waals surface area contributed by atoms with Gasteiger partial charge in [-0.3, -0.25) is 14.9 Å². The number of hydrogen-bond acceptors (Lipinski definition) is 6. The number of carbonyl (C=O) groups is 1. The molecule has 136 valence electrons. The number of anilines is 2. The normalized spacial score (nSPS) is 16.3. The number of benzene rings is 1. The first-order valence-corrected chi connectivity index (χ1v) is 8.39. The number of nitrogens with one attached hydrogen (secondary N) is 2. The molecule has 0 aliphatic carbocycles. The second kappa shape index (κ2) is 7.92. The number of ether oxygens (including phenoxy) is 1. The second-order valence-corrected chi connectivity index (χ2v) is 6.16. The Morgan fingerprint density at radius 2 is 2.27 bits per heavy atom. The van der Waals surface area contributed by atoms with Crippen LogP contribution < -0.4 is 10.6 Å². The summed E-state index contributed by atoms with van der Waals surface area (Å²) in [5, 5.41) is 16.8. The van der Waals surface area contributed by atoms with Crippen LogP contribution in [0.1, 0.15) is 24.0 Å². The lowest BCUT2D eigenvalue weighted by Crippen LogP contribution is -2.26. The summed E-state index contributed by atoms with van der Waals surface area (Å²) in [6, 6.07) is 8.97. The highest BCUT2D eigenvalue weighted by Gasteiger charge is 2.23. The predicted molar refractivity (Wildman–Crippen MR) is 97.0 cm³/mol. The zero-order valence-corrected chi connectivity index (χ0v) is 14.4. The van der Waals surface area contributed by atoms with Gasteiger partial charge in [0, 0.05) is 24.9 Å². The van der Waals surface area contributed by atoms with Crippen molar-refractivity contribution in [3.05, 3.63) is 57.8 Å². The zero-order valence-electron chi connectivity index (χ0n) is 14.4. The average molecular weight is 356 g/mol. The van der Waals surface area contributed by atoms with Crippen LogP contribution >= 0.6 is 0 Å². The fraction of sp³-hybridized carbons (Fsp3) is 0.333. The van der Waals surface area contributed by atoms with Gasteiger partial charge < -0.3 is 15.4 Å². The average Bonchev–Trinajstić information content (AvgIpc) is 3.15. The Bertz CT molecular complexity index is 819. The van der Waals surface area contributed by atoms with E-state index in [9.17, 15) is 14.9 Å². The molecule has 1 fully saturated rings. The minimum absolute atomic E-state index is 0.0353. The van der Waals surface area contributed by atoms with E-state index in [1.165, 1.54) is 12.3 Å². The third kappa shape index (κ3) is 4.34. The molecule has 0 saturated carbocycles. The Kier molecular flexibility index (Phi) is 5.43. The molecule has 26 heavy (non-hydrogen) atoms. The van der Waals surface area contributed by atoms with Crippen molar-refractivity contribution in [2.24, 2.45) is 0 Å². The molecule has 1 unspecified atom stereocenters. The van der Waals surface area contributed by atoms with Gasteiger partial charge in [0.15, 0.2) is 0 Å². The summed E-state index contributed by atoms with van der Waals surface area (Å²) < 4.78 is 5.38. The maximum atomic E-state index is 12.1. The SMILES string of the molecule is Cc1cc([N+](=O)[O-])cnc1NCc1cccc(NC(=O)C2CCCO2)c1. The van der Waals surface area contributed by atoms with Crippen LogP contribution in [0.2, 0.25) is 0 Å². The molecule has 1 atom stereocenters. The maximum absolute atomic E-state index is 12.1. The Hall–Kier alpha value is -3.00. The Balaban J connectivity index is 1.62. The van der Waals surface area contributed by atoms with Gasteiger partial charge in [-0.05, 0) is 43.0 Å². The molecular formula is C18H20N4O4. The van der Waals surface area contributed by atoms with Crippen LogP contribution in [-0.2, 0) is 16.1 Å². The number of aromatic nitrogens is 1. The lowest BCUT2D eigenvalue weighted by Gasteiger charge is -2.12. The van der Waals surface area contributed by atoms with Crippen molar-refractivity contribution in [2.45, 2.75) is 32.4 Å². The number of nitrogens with zero attached hydrogens (tertiary/aromatic N) is 2. The fourth-order valence-electron chi connectivity index (χ4n) is 2.80. The first-order valence-electron chi connectivity index (χ1n) is 8.39. The molecule has 2 heterocycles. The van der Waals surface area contributed by atoms with Crippen molar-refractivity contribution in [1.29, 1.82) is 0 Å². The third-order valence-corrected chi connectivity index (χ3v) is 4.15. The summed E-state index contributed by atoms with van der Waals surface area (Å²) in [4.78, 5) is 26.5. The summed E-state index contributed by atoms with van der Waals surface area (Å²) in [5.74, 6) is 0.463. The number of nitro groups is 1. The lowest BCUT2D eigenvalue weighted by molar-refractivity contribution is -0.385. The van der Waals surface area contributed by atoms with Crippen LogP contribution in [0.25, 0.3) is 0 Å². The highest BCUT2D eigenvalue weighted by atomic mass is 16.6. The van der Waals surface area contributed by atoms with E-state index >= 15 is 0 Å². The van der Waals surface area contributed by atoms with Gasteiger partial charge in [0.1, 0.15) is 18.1 Å². The fourth-order valence-corrected chi connectivity index (χ4v) is 2.80. The van der Waals surface area contributed by atoms with E-state index < -0.39 is 4.92 Å². The molecule has 1 aliphatic rings. The third-order valence-electron chi connectivity index (χ3n) is 4.15. The summed E-state index contributed by atoms with van der Waals surface area (Å²) in [7, 11) is 0. The number of rotatable bonds is 6. The number of amides is 1. The molecule has 0 spiro atoms. The van der Waals surface area contributed by atoms with E-state index in [0.717, 1.165) is 18.4 Å². The molecule has 1 aromatic heterocycles. The minimum Gasteiger partial charge on any atom is -0.368 e. The highest BCUT2D eigenvalue weighted by Crippen LogP contribution is 2.20. The molecular weight excluding hydrogens is 336 g/mol. The predicted octanol–water partition coefficient (Wildman–Crippen LogP) is 3.03. The number of hydrogen-bond donors (Lipinski definition) is 2. The zero-order chi connectivity index (χ0) is 18.5. The number of aryl methyl sites for hydroxylation is 1. The first-order chi connectivity index (χ1) is 12.5.